The Kier molecular flexibility index (Phi) is 9.24. The van der Waals surface area contributed by atoms with E-state index in [1.165, 1.54) is 0 Å². The van der Waals surface area contributed by atoms with E-state index in [1.54, 1.807) is 58.9 Å². The Hall–Kier alpha value is -5.64. The molecule has 4 heterocycles. The van der Waals surface area contributed by atoms with E-state index in [0.29, 0.717) is 48.4 Å². The third kappa shape index (κ3) is 7.02. The average molecular weight is 615 g/mol. The molecule has 2 aromatic heterocycles. The molecule has 0 unspecified atom stereocenters. The zero-order valence-electron chi connectivity index (χ0n) is 25.2. The highest BCUT2D eigenvalue weighted by atomic mass is 16.2. The van der Waals surface area contributed by atoms with Crippen LogP contribution in [0.3, 0.4) is 0 Å². The summed E-state index contributed by atoms with van der Waals surface area (Å²) < 4.78 is 0. The van der Waals surface area contributed by atoms with Crippen LogP contribution >= 0.6 is 0 Å². The van der Waals surface area contributed by atoms with Crippen molar-refractivity contribution in [1.82, 2.24) is 19.8 Å². The number of nitrogens with zero attached hydrogens (tertiary/aromatic N) is 4. The first kappa shape index (κ1) is 30.4. The minimum atomic E-state index is -0.514. The molecule has 2 aromatic carbocycles. The maximum Gasteiger partial charge on any atom is 0.254 e. The second-order valence-corrected chi connectivity index (χ2v) is 11.3. The molecular weight excluding hydrogens is 580 g/mol. The van der Waals surface area contributed by atoms with Crippen molar-refractivity contribution in [3.8, 4) is 0 Å². The van der Waals surface area contributed by atoms with E-state index in [0.717, 1.165) is 24.0 Å². The first-order chi connectivity index (χ1) is 22.5. The highest BCUT2D eigenvalue weighted by Crippen LogP contribution is 2.24. The summed E-state index contributed by atoms with van der Waals surface area (Å²) in [5, 5.41) is 5.90. The summed E-state index contributed by atoms with van der Waals surface area (Å²) >= 11 is 0. The molecule has 2 fully saturated rings. The van der Waals surface area contributed by atoms with Crippen LogP contribution < -0.4 is 10.6 Å². The molecule has 2 aliphatic heterocycles. The normalized spacial score (nSPS) is 17.7. The van der Waals surface area contributed by atoms with Crippen molar-refractivity contribution in [2.24, 2.45) is 0 Å². The summed E-state index contributed by atoms with van der Waals surface area (Å²) in [7, 11) is 0. The maximum absolute atomic E-state index is 13.1. The second kappa shape index (κ2) is 14.0. The van der Waals surface area contributed by atoms with Gasteiger partial charge in [-0.15, -0.1) is 0 Å². The Bertz CT molecular complexity index is 1600. The largest absolute Gasteiger partial charge is 0.327 e. The Labute approximate surface area is 267 Å². The number of hydrogen-bond acceptors (Lipinski definition) is 6. The first-order valence-electron chi connectivity index (χ1n) is 15.4. The number of anilines is 2. The Morgan fingerprint density at radius 3 is 1.30 bits per heavy atom. The molecule has 6 rings (SSSR count). The molecule has 10 nitrogen and oxygen atoms in total. The summed E-state index contributed by atoms with van der Waals surface area (Å²) in [5.74, 6) is -0.720. The molecule has 0 aliphatic carbocycles. The van der Waals surface area contributed by atoms with Gasteiger partial charge in [0.2, 0.25) is 11.8 Å². The van der Waals surface area contributed by atoms with E-state index in [9.17, 15) is 19.2 Å². The molecule has 2 atom stereocenters. The summed E-state index contributed by atoms with van der Waals surface area (Å²) in [6, 6.07) is 20.6. The number of hydrogen-bond donors (Lipinski definition) is 2. The van der Waals surface area contributed by atoms with E-state index in [-0.39, 0.29) is 23.6 Å². The summed E-state index contributed by atoms with van der Waals surface area (Å²) in [6.45, 7) is 1.09. The van der Waals surface area contributed by atoms with E-state index < -0.39 is 12.1 Å². The van der Waals surface area contributed by atoms with Gasteiger partial charge in [0.05, 0.1) is 0 Å². The monoisotopic (exact) mass is 614 g/mol. The lowest BCUT2D eigenvalue weighted by Gasteiger charge is -2.24. The van der Waals surface area contributed by atoms with Gasteiger partial charge in [-0.25, -0.2) is 0 Å². The van der Waals surface area contributed by atoms with Crippen LogP contribution in [-0.2, 0) is 9.59 Å². The molecule has 232 valence electrons. The SMILES string of the molecule is O=C(Nc1ccc(C=Cc2ccc(NC(=O)[C@@H]3CCCN3C(=O)c3ccncc3)cc2)cc1)[C@@H]1CCCN1C(=O)c1ccncc1. The number of carbonyl (C=O) groups excluding carboxylic acids is 4. The van der Waals surface area contributed by atoms with Crippen molar-refractivity contribution in [2.45, 2.75) is 37.8 Å². The number of amides is 4. The number of benzene rings is 2. The zero-order chi connectivity index (χ0) is 31.9. The van der Waals surface area contributed by atoms with Crippen LogP contribution in [0.4, 0.5) is 11.4 Å². The molecular formula is C36H34N6O4. The lowest BCUT2D eigenvalue weighted by atomic mass is 10.1. The molecule has 2 N–H and O–H groups in total. The Morgan fingerprint density at radius 2 is 0.935 bits per heavy atom. The van der Waals surface area contributed by atoms with E-state index in [4.69, 9.17) is 0 Å². The van der Waals surface area contributed by atoms with Gasteiger partial charge in [-0.05, 0) is 85.3 Å². The molecule has 4 amide bonds. The zero-order valence-corrected chi connectivity index (χ0v) is 25.2. The number of pyridine rings is 2. The second-order valence-electron chi connectivity index (χ2n) is 11.3. The van der Waals surface area contributed by atoms with Crippen LogP contribution in [0.15, 0.2) is 97.6 Å². The van der Waals surface area contributed by atoms with Crippen LogP contribution in [0.5, 0.6) is 0 Å². The van der Waals surface area contributed by atoms with Crippen molar-refractivity contribution in [2.75, 3.05) is 23.7 Å². The molecule has 2 aliphatic rings. The highest BCUT2D eigenvalue weighted by molar-refractivity contribution is 6.02. The van der Waals surface area contributed by atoms with Crippen molar-refractivity contribution >= 4 is 47.2 Å². The summed E-state index contributed by atoms with van der Waals surface area (Å²) in [5.41, 5.74) is 4.27. The Balaban J connectivity index is 1.01. The van der Waals surface area contributed by atoms with Crippen molar-refractivity contribution in [1.29, 1.82) is 0 Å². The van der Waals surface area contributed by atoms with Gasteiger partial charge in [0.25, 0.3) is 11.8 Å². The smallest absolute Gasteiger partial charge is 0.254 e. The van der Waals surface area contributed by atoms with Gasteiger partial charge < -0.3 is 20.4 Å². The minimum Gasteiger partial charge on any atom is -0.327 e. The minimum absolute atomic E-state index is 0.162. The van der Waals surface area contributed by atoms with Gasteiger partial charge in [0.1, 0.15) is 12.1 Å². The van der Waals surface area contributed by atoms with Crippen LogP contribution in [-0.4, -0.2) is 68.6 Å². The van der Waals surface area contributed by atoms with Crippen molar-refractivity contribution in [3.63, 3.8) is 0 Å². The fourth-order valence-electron chi connectivity index (χ4n) is 5.88. The number of aromatic nitrogens is 2. The van der Waals surface area contributed by atoms with Crippen LogP contribution in [0.2, 0.25) is 0 Å². The van der Waals surface area contributed by atoms with E-state index in [2.05, 4.69) is 20.6 Å². The first-order valence-corrected chi connectivity index (χ1v) is 15.4. The number of carbonyl (C=O) groups is 4. The van der Waals surface area contributed by atoms with Crippen molar-refractivity contribution in [3.05, 3.63) is 120 Å². The van der Waals surface area contributed by atoms with Crippen LogP contribution in [0.1, 0.15) is 57.5 Å². The topological polar surface area (TPSA) is 125 Å². The summed E-state index contributed by atoms with van der Waals surface area (Å²) in [6.07, 6.45) is 13.0. The number of nitrogens with one attached hydrogen (secondary N) is 2. The maximum atomic E-state index is 13.1. The number of likely N-dealkylation sites (tertiary alicyclic amines) is 2. The highest BCUT2D eigenvalue weighted by Gasteiger charge is 2.35. The van der Waals surface area contributed by atoms with Gasteiger partial charge in [0, 0.05) is 60.4 Å². The predicted molar refractivity (Wildman–Crippen MR) is 176 cm³/mol. The lowest BCUT2D eigenvalue weighted by Crippen LogP contribution is -2.43. The molecule has 0 bridgehead atoms. The average Bonchev–Trinajstić information content (AvgIpc) is 3.80. The fourth-order valence-corrected chi connectivity index (χ4v) is 5.88. The van der Waals surface area contributed by atoms with Crippen LogP contribution in [0, 0.1) is 0 Å². The van der Waals surface area contributed by atoms with Gasteiger partial charge in [-0.2, -0.15) is 0 Å². The number of rotatable bonds is 8. The molecule has 0 saturated carbocycles. The summed E-state index contributed by atoms with van der Waals surface area (Å²) in [4.78, 5) is 63.1. The van der Waals surface area contributed by atoms with Gasteiger partial charge in [0.15, 0.2) is 0 Å². The van der Waals surface area contributed by atoms with Gasteiger partial charge in [-0.3, -0.25) is 29.1 Å². The molecule has 46 heavy (non-hydrogen) atoms. The predicted octanol–water partition coefficient (Wildman–Crippen LogP) is 5.13. The van der Waals surface area contributed by atoms with E-state index in [1.807, 2.05) is 60.7 Å². The van der Waals surface area contributed by atoms with E-state index >= 15 is 0 Å². The quantitative estimate of drug-likeness (QED) is 0.265. The molecule has 0 radical (unpaired) electrons. The van der Waals surface area contributed by atoms with Gasteiger partial charge >= 0.3 is 0 Å². The van der Waals surface area contributed by atoms with Gasteiger partial charge in [-0.1, -0.05) is 36.4 Å². The van der Waals surface area contributed by atoms with Crippen molar-refractivity contribution < 1.29 is 19.2 Å². The molecule has 10 heteroatoms. The third-order valence-corrected chi connectivity index (χ3v) is 8.31. The third-order valence-electron chi connectivity index (χ3n) is 8.31. The molecule has 0 spiro atoms. The Morgan fingerprint density at radius 1 is 0.565 bits per heavy atom. The lowest BCUT2D eigenvalue weighted by molar-refractivity contribution is -0.120. The van der Waals surface area contributed by atoms with Crippen LogP contribution in [0.25, 0.3) is 12.2 Å². The fraction of sp³-hybridized carbons (Fsp3) is 0.222. The molecule has 4 aromatic rings. The standard InChI is InChI=1S/C36H34N6O4/c43-33(31-3-1-23-41(31)35(45)27-15-19-37-20-16-27)39-29-11-7-25(8-12-29)5-6-26-9-13-30(14-10-26)40-34(44)32-4-2-24-42(32)36(46)28-17-21-38-22-18-28/h5-22,31-32H,1-4,23-24H2,(H,39,43)(H,40,44)/t31-,32-/m0/s1. The molecule has 2 saturated heterocycles.